The number of hydrogen-bond donors (Lipinski definition) is 1. The van der Waals surface area contributed by atoms with E-state index in [1.165, 1.54) is 0 Å². The summed E-state index contributed by atoms with van der Waals surface area (Å²) in [5, 5.41) is 17.4. The number of aliphatic hydroxyl groups is 1. The van der Waals surface area contributed by atoms with Crippen molar-refractivity contribution in [2.24, 2.45) is 0 Å². The third-order valence-corrected chi connectivity index (χ3v) is 2.56. The van der Waals surface area contributed by atoms with Crippen LogP contribution in [0.2, 0.25) is 5.02 Å². The van der Waals surface area contributed by atoms with Gasteiger partial charge in [-0.15, -0.1) is 5.10 Å². The highest BCUT2D eigenvalue weighted by Gasteiger charge is 2.06. The molecule has 1 aromatic carbocycles. The predicted molar refractivity (Wildman–Crippen MR) is 62.2 cm³/mol. The summed E-state index contributed by atoms with van der Waals surface area (Å²) >= 11 is 6.06. The number of nitrogens with zero attached hydrogens (tertiary/aromatic N) is 3. The summed E-state index contributed by atoms with van der Waals surface area (Å²) in [6, 6.07) is 7.52. The van der Waals surface area contributed by atoms with Crippen molar-refractivity contribution in [1.82, 2.24) is 15.0 Å². The number of benzene rings is 1. The number of aromatic nitrogens is 3. The van der Waals surface area contributed by atoms with Crippen molar-refractivity contribution in [3.63, 3.8) is 0 Å². The summed E-state index contributed by atoms with van der Waals surface area (Å²) in [5.41, 5.74) is 1.63. The number of halogens is 1. The molecular formula is C11H12ClN3O. The molecular weight excluding hydrogens is 226 g/mol. The lowest BCUT2D eigenvalue weighted by atomic mass is 10.2. The second-order valence-electron chi connectivity index (χ2n) is 3.42. The number of hydrogen-bond acceptors (Lipinski definition) is 3. The topological polar surface area (TPSA) is 50.9 Å². The summed E-state index contributed by atoms with van der Waals surface area (Å²) in [6.07, 6.45) is 2.50. The van der Waals surface area contributed by atoms with Crippen LogP contribution in [0.4, 0.5) is 0 Å². The molecule has 1 heterocycles. The van der Waals surface area contributed by atoms with Crippen LogP contribution in [0.5, 0.6) is 0 Å². The highest BCUT2D eigenvalue weighted by Crippen LogP contribution is 2.25. The molecule has 0 atom stereocenters. The van der Waals surface area contributed by atoms with Crippen molar-refractivity contribution in [3.05, 3.63) is 35.5 Å². The van der Waals surface area contributed by atoms with Crippen LogP contribution in [0.25, 0.3) is 11.3 Å². The third kappa shape index (κ3) is 2.40. The molecule has 0 spiro atoms. The Kier molecular flexibility index (Phi) is 3.54. The van der Waals surface area contributed by atoms with E-state index < -0.39 is 0 Å². The molecule has 0 aliphatic heterocycles. The maximum absolute atomic E-state index is 8.71. The second kappa shape index (κ2) is 5.09. The fourth-order valence-electron chi connectivity index (χ4n) is 1.43. The largest absolute Gasteiger partial charge is 0.396 e. The lowest BCUT2D eigenvalue weighted by Crippen LogP contribution is -2.00. The van der Waals surface area contributed by atoms with Gasteiger partial charge in [-0.1, -0.05) is 35.0 Å². The molecule has 16 heavy (non-hydrogen) atoms. The van der Waals surface area contributed by atoms with Gasteiger partial charge in [-0.2, -0.15) is 0 Å². The summed E-state index contributed by atoms with van der Waals surface area (Å²) in [7, 11) is 0. The summed E-state index contributed by atoms with van der Waals surface area (Å²) in [5.74, 6) is 0. The second-order valence-corrected chi connectivity index (χ2v) is 3.83. The normalized spacial score (nSPS) is 10.6. The zero-order chi connectivity index (χ0) is 11.4. The molecule has 4 nitrogen and oxygen atoms in total. The lowest BCUT2D eigenvalue weighted by molar-refractivity contribution is 0.276. The van der Waals surface area contributed by atoms with Crippen LogP contribution in [0.3, 0.4) is 0 Å². The van der Waals surface area contributed by atoms with Crippen LogP contribution in [-0.2, 0) is 6.54 Å². The first-order chi connectivity index (χ1) is 7.81. The van der Waals surface area contributed by atoms with Crippen molar-refractivity contribution >= 4 is 11.6 Å². The molecule has 84 valence electrons. The van der Waals surface area contributed by atoms with Crippen LogP contribution in [-0.4, -0.2) is 26.7 Å². The molecule has 0 bridgehead atoms. The van der Waals surface area contributed by atoms with Gasteiger partial charge in [-0.3, -0.25) is 4.68 Å². The fraction of sp³-hybridized carbons (Fsp3) is 0.273. The first kappa shape index (κ1) is 11.1. The van der Waals surface area contributed by atoms with Gasteiger partial charge in [0.25, 0.3) is 0 Å². The van der Waals surface area contributed by atoms with Gasteiger partial charge in [-0.05, 0) is 12.5 Å². The lowest BCUT2D eigenvalue weighted by Gasteiger charge is -1.98. The molecule has 0 radical (unpaired) electrons. The van der Waals surface area contributed by atoms with Gasteiger partial charge >= 0.3 is 0 Å². The first-order valence-corrected chi connectivity index (χ1v) is 5.45. The van der Waals surface area contributed by atoms with Crippen LogP contribution in [0, 0.1) is 0 Å². The Labute approximate surface area is 98.5 Å². The Balaban J connectivity index is 2.22. The minimum Gasteiger partial charge on any atom is -0.396 e. The Morgan fingerprint density at radius 2 is 2.12 bits per heavy atom. The van der Waals surface area contributed by atoms with E-state index in [4.69, 9.17) is 16.7 Å². The zero-order valence-corrected chi connectivity index (χ0v) is 9.43. The van der Waals surface area contributed by atoms with E-state index in [2.05, 4.69) is 10.3 Å². The van der Waals surface area contributed by atoms with Crippen LogP contribution in [0.1, 0.15) is 6.42 Å². The first-order valence-electron chi connectivity index (χ1n) is 5.07. The Morgan fingerprint density at radius 1 is 1.31 bits per heavy atom. The van der Waals surface area contributed by atoms with E-state index in [1.54, 1.807) is 4.68 Å². The molecule has 0 aliphatic carbocycles. The highest BCUT2D eigenvalue weighted by atomic mass is 35.5. The van der Waals surface area contributed by atoms with E-state index >= 15 is 0 Å². The molecule has 1 N–H and O–H groups in total. The molecule has 2 aromatic rings. The van der Waals surface area contributed by atoms with E-state index in [0.29, 0.717) is 18.0 Å². The predicted octanol–water partition coefficient (Wildman–Crippen LogP) is 1.98. The molecule has 1 aromatic heterocycles. The van der Waals surface area contributed by atoms with Gasteiger partial charge in [0.15, 0.2) is 0 Å². The average Bonchev–Trinajstić information content (AvgIpc) is 2.75. The van der Waals surface area contributed by atoms with Gasteiger partial charge in [0.05, 0.1) is 11.2 Å². The number of aryl methyl sites for hydroxylation is 1. The summed E-state index contributed by atoms with van der Waals surface area (Å²) < 4.78 is 1.70. The molecule has 0 fully saturated rings. The maximum atomic E-state index is 8.71. The smallest absolute Gasteiger partial charge is 0.114 e. The van der Waals surface area contributed by atoms with Crippen LogP contribution in [0.15, 0.2) is 30.5 Å². The van der Waals surface area contributed by atoms with Gasteiger partial charge < -0.3 is 5.11 Å². The minimum atomic E-state index is 0.154. The molecule has 2 rings (SSSR count). The van der Waals surface area contributed by atoms with Gasteiger partial charge in [-0.25, -0.2) is 0 Å². The molecule has 5 heteroatoms. The number of aliphatic hydroxyl groups excluding tert-OH is 1. The Bertz CT molecular complexity index is 470. The minimum absolute atomic E-state index is 0.154. The SMILES string of the molecule is OCCCn1cc(-c2ccccc2Cl)nn1. The average molecular weight is 238 g/mol. The maximum Gasteiger partial charge on any atom is 0.114 e. The Hall–Kier alpha value is -1.39. The highest BCUT2D eigenvalue weighted by molar-refractivity contribution is 6.33. The fourth-order valence-corrected chi connectivity index (χ4v) is 1.67. The van der Waals surface area contributed by atoms with Crippen LogP contribution >= 0.6 is 11.6 Å². The van der Waals surface area contributed by atoms with Crippen molar-refractivity contribution in [1.29, 1.82) is 0 Å². The number of rotatable bonds is 4. The van der Waals surface area contributed by atoms with Gasteiger partial charge in [0.1, 0.15) is 5.69 Å². The van der Waals surface area contributed by atoms with Crippen molar-refractivity contribution in [3.8, 4) is 11.3 Å². The summed E-state index contributed by atoms with van der Waals surface area (Å²) in [6.45, 7) is 0.815. The molecule has 0 unspecified atom stereocenters. The molecule has 0 saturated heterocycles. The van der Waals surface area contributed by atoms with Gasteiger partial charge in [0.2, 0.25) is 0 Å². The van der Waals surface area contributed by atoms with Crippen LogP contribution < -0.4 is 0 Å². The zero-order valence-electron chi connectivity index (χ0n) is 8.67. The Morgan fingerprint density at radius 3 is 2.88 bits per heavy atom. The molecule has 0 aliphatic rings. The van der Waals surface area contributed by atoms with E-state index in [-0.39, 0.29) is 6.61 Å². The van der Waals surface area contributed by atoms with E-state index in [1.807, 2.05) is 30.5 Å². The molecule has 0 amide bonds. The van der Waals surface area contributed by atoms with E-state index in [0.717, 1.165) is 11.3 Å². The quantitative estimate of drug-likeness (QED) is 0.885. The standard InChI is InChI=1S/C11H12ClN3O/c12-10-5-2-1-4-9(10)11-8-15(14-13-11)6-3-7-16/h1-2,4-5,8,16H,3,6-7H2. The van der Waals surface area contributed by atoms with Crippen molar-refractivity contribution in [2.45, 2.75) is 13.0 Å². The van der Waals surface area contributed by atoms with E-state index in [9.17, 15) is 0 Å². The summed E-state index contributed by atoms with van der Waals surface area (Å²) in [4.78, 5) is 0. The monoisotopic (exact) mass is 237 g/mol. The van der Waals surface area contributed by atoms with Gasteiger partial charge in [0, 0.05) is 18.7 Å². The molecule has 0 saturated carbocycles. The third-order valence-electron chi connectivity index (χ3n) is 2.23. The van der Waals surface area contributed by atoms with Crippen molar-refractivity contribution in [2.75, 3.05) is 6.61 Å². The van der Waals surface area contributed by atoms with Crippen molar-refractivity contribution < 1.29 is 5.11 Å².